The zero-order valence-corrected chi connectivity index (χ0v) is 16.8. The van der Waals surface area contributed by atoms with Gasteiger partial charge in [-0.25, -0.2) is 0 Å². The van der Waals surface area contributed by atoms with Crippen molar-refractivity contribution in [1.82, 2.24) is 0 Å². The molecule has 0 saturated carbocycles. The van der Waals surface area contributed by atoms with Crippen molar-refractivity contribution in [3.63, 3.8) is 0 Å². The van der Waals surface area contributed by atoms with Gasteiger partial charge in [0, 0.05) is 17.6 Å². The molecule has 2 rings (SSSR count). The van der Waals surface area contributed by atoms with Crippen LogP contribution in [0, 0.1) is 0 Å². The Morgan fingerprint density at radius 2 is 1.81 bits per heavy atom. The molecule has 0 radical (unpaired) electrons. The van der Waals surface area contributed by atoms with Crippen LogP contribution in [0.15, 0.2) is 40.9 Å². The molecule has 2 aromatic carbocycles. The Morgan fingerprint density at radius 1 is 1.12 bits per heavy atom. The molecule has 1 unspecified atom stereocenters. The molecule has 0 aliphatic rings. The van der Waals surface area contributed by atoms with Crippen molar-refractivity contribution in [2.45, 2.75) is 20.0 Å². The molecule has 0 heterocycles. The highest BCUT2D eigenvalue weighted by atomic mass is 79.9. The van der Waals surface area contributed by atoms with Crippen LogP contribution >= 0.6 is 27.5 Å². The number of carbonyl (C=O) groups is 2. The summed E-state index contributed by atoms with van der Waals surface area (Å²) >= 11 is 9.24. The summed E-state index contributed by atoms with van der Waals surface area (Å²) in [5.41, 5.74) is 0.969. The normalized spacial score (nSPS) is 11.4. The van der Waals surface area contributed by atoms with Gasteiger partial charge in [-0.3, -0.25) is 9.59 Å². The lowest BCUT2D eigenvalue weighted by atomic mass is 10.2. The summed E-state index contributed by atoms with van der Waals surface area (Å²) in [5.74, 6) is 0.417. The van der Waals surface area contributed by atoms with Crippen LogP contribution in [-0.2, 0) is 9.59 Å². The van der Waals surface area contributed by atoms with Gasteiger partial charge in [0.15, 0.2) is 6.10 Å². The van der Waals surface area contributed by atoms with Crippen molar-refractivity contribution in [2.24, 2.45) is 0 Å². The van der Waals surface area contributed by atoms with Crippen molar-refractivity contribution in [1.29, 1.82) is 0 Å². The van der Waals surface area contributed by atoms with Gasteiger partial charge in [0.2, 0.25) is 5.91 Å². The molecule has 0 aliphatic heterocycles. The number of benzene rings is 2. The van der Waals surface area contributed by atoms with E-state index in [4.69, 9.17) is 21.1 Å². The number of amides is 2. The maximum atomic E-state index is 12.4. The molecule has 138 valence electrons. The fourth-order valence-corrected chi connectivity index (χ4v) is 2.91. The number of halogens is 2. The second-order valence-corrected chi connectivity index (χ2v) is 6.71. The topological polar surface area (TPSA) is 76.7 Å². The highest BCUT2D eigenvalue weighted by Gasteiger charge is 2.17. The number of anilines is 2. The maximum absolute atomic E-state index is 12.4. The molecule has 8 heteroatoms. The van der Waals surface area contributed by atoms with E-state index in [0.717, 1.165) is 0 Å². The lowest BCUT2D eigenvalue weighted by Crippen LogP contribution is -2.30. The molecule has 6 nitrogen and oxygen atoms in total. The Balaban J connectivity index is 2.09. The number of rotatable bonds is 6. The minimum Gasteiger partial charge on any atom is -0.495 e. The average molecular weight is 442 g/mol. The highest BCUT2D eigenvalue weighted by Crippen LogP contribution is 2.30. The maximum Gasteiger partial charge on any atom is 0.265 e. The third-order valence-corrected chi connectivity index (χ3v) is 4.20. The van der Waals surface area contributed by atoms with E-state index in [0.29, 0.717) is 32.4 Å². The van der Waals surface area contributed by atoms with Crippen LogP contribution < -0.4 is 20.1 Å². The Labute approximate surface area is 164 Å². The zero-order chi connectivity index (χ0) is 19.3. The molecule has 0 aromatic heterocycles. The minimum atomic E-state index is -0.751. The number of nitrogens with one attached hydrogen (secondary N) is 2. The summed E-state index contributed by atoms with van der Waals surface area (Å²) in [6.07, 6.45) is -0.751. The Bertz CT molecular complexity index is 829. The fraction of sp³-hybridized carbons (Fsp3) is 0.222. The number of ether oxygens (including phenoxy) is 2. The summed E-state index contributed by atoms with van der Waals surface area (Å²) in [4.78, 5) is 23.7. The third-order valence-electron chi connectivity index (χ3n) is 3.34. The molecule has 2 N–H and O–H groups in total. The smallest absolute Gasteiger partial charge is 0.265 e. The molecule has 0 spiro atoms. The van der Waals surface area contributed by atoms with Crippen molar-refractivity contribution >= 4 is 50.7 Å². The molecule has 0 fully saturated rings. The van der Waals surface area contributed by atoms with Gasteiger partial charge in [-0.2, -0.15) is 0 Å². The Hall–Kier alpha value is -2.25. The molecule has 0 bridgehead atoms. The Kier molecular flexibility index (Phi) is 6.88. The zero-order valence-electron chi connectivity index (χ0n) is 14.4. The van der Waals surface area contributed by atoms with Gasteiger partial charge in [-0.1, -0.05) is 11.6 Å². The number of hydrogen-bond donors (Lipinski definition) is 2. The summed E-state index contributed by atoms with van der Waals surface area (Å²) in [5, 5.41) is 5.96. The highest BCUT2D eigenvalue weighted by molar-refractivity contribution is 9.10. The standard InChI is InChI=1S/C18H18BrClN2O4/c1-10(26-16-6-4-12(20)8-14(16)19)18(24)22-13-5-7-17(25-3)15(9-13)21-11(2)23/h4-10H,1-3H3,(H,21,23)(H,22,24). The van der Waals surface area contributed by atoms with Crippen LogP contribution in [0.4, 0.5) is 11.4 Å². The molecule has 2 amide bonds. The predicted octanol–water partition coefficient (Wildman–Crippen LogP) is 4.48. The SMILES string of the molecule is COc1ccc(NC(=O)C(C)Oc2ccc(Cl)cc2Br)cc1NC(C)=O. The molecule has 0 aliphatic carbocycles. The van der Waals surface area contributed by atoms with Crippen LogP contribution in [-0.4, -0.2) is 25.0 Å². The molecular formula is C18H18BrClN2O4. The molecular weight excluding hydrogens is 424 g/mol. The second kappa shape index (κ2) is 8.91. The van der Waals surface area contributed by atoms with E-state index in [1.54, 1.807) is 43.3 Å². The lowest BCUT2D eigenvalue weighted by molar-refractivity contribution is -0.122. The molecule has 2 aromatic rings. The molecule has 1 atom stereocenters. The number of methoxy groups -OCH3 is 1. The van der Waals surface area contributed by atoms with Crippen molar-refractivity contribution in [3.8, 4) is 11.5 Å². The van der Waals surface area contributed by atoms with Crippen LogP contribution in [0.3, 0.4) is 0 Å². The van der Waals surface area contributed by atoms with E-state index in [9.17, 15) is 9.59 Å². The van der Waals surface area contributed by atoms with E-state index in [1.165, 1.54) is 14.0 Å². The summed E-state index contributed by atoms with van der Waals surface area (Å²) in [7, 11) is 1.50. The first-order valence-electron chi connectivity index (χ1n) is 7.68. The van der Waals surface area contributed by atoms with E-state index in [-0.39, 0.29) is 11.8 Å². The first kappa shape index (κ1) is 20.1. The third kappa shape index (κ3) is 5.37. The van der Waals surface area contributed by atoms with Gasteiger partial charge in [-0.15, -0.1) is 0 Å². The second-order valence-electron chi connectivity index (χ2n) is 5.42. The summed E-state index contributed by atoms with van der Waals surface area (Å²) < 4.78 is 11.5. The lowest BCUT2D eigenvalue weighted by Gasteiger charge is -2.17. The Morgan fingerprint density at radius 3 is 2.42 bits per heavy atom. The summed E-state index contributed by atoms with van der Waals surface area (Å²) in [6, 6.07) is 9.98. The van der Waals surface area contributed by atoms with Gasteiger partial charge in [-0.05, 0) is 59.3 Å². The van der Waals surface area contributed by atoms with Gasteiger partial charge in [0.1, 0.15) is 11.5 Å². The fourth-order valence-electron chi connectivity index (χ4n) is 2.13. The average Bonchev–Trinajstić information content (AvgIpc) is 2.57. The van der Waals surface area contributed by atoms with Crippen LogP contribution in [0.2, 0.25) is 5.02 Å². The predicted molar refractivity (Wildman–Crippen MR) is 105 cm³/mol. The largest absolute Gasteiger partial charge is 0.495 e. The van der Waals surface area contributed by atoms with E-state index in [2.05, 4.69) is 26.6 Å². The van der Waals surface area contributed by atoms with E-state index < -0.39 is 6.10 Å². The van der Waals surface area contributed by atoms with E-state index >= 15 is 0 Å². The number of carbonyl (C=O) groups excluding carboxylic acids is 2. The van der Waals surface area contributed by atoms with Gasteiger partial charge in [0.05, 0.1) is 17.3 Å². The first-order chi connectivity index (χ1) is 12.3. The van der Waals surface area contributed by atoms with E-state index in [1.807, 2.05) is 0 Å². The monoisotopic (exact) mass is 440 g/mol. The molecule has 0 saturated heterocycles. The van der Waals surface area contributed by atoms with Crippen LogP contribution in [0.5, 0.6) is 11.5 Å². The van der Waals surface area contributed by atoms with Crippen molar-refractivity contribution in [2.75, 3.05) is 17.7 Å². The quantitative estimate of drug-likeness (QED) is 0.693. The first-order valence-corrected chi connectivity index (χ1v) is 8.85. The summed E-state index contributed by atoms with van der Waals surface area (Å²) in [6.45, 7) is 3.03. The van der Waals surface area contributed by atoms with Crippen LogP contribution in [0.25, 0.3) is 0 Å². The van der Waals surface area contributed by atoms with Gasteiger partial charge >= 0.3 is 0 Å². The minimum absolute atomic E-state index is 0.240. The van der Waals surface area contributed by atoms with Crippen molar-refractivity contribution < 1.29 is 19.1 Å². The van der Waals surface area contributed by atoms with Crippen molar-refractivity contribution in [3.05, 3.63) is 45.9 Å². The number of hydrogen-bond acceptors (Lipinski definition) is 4. The van der Waals surface area contributed by atoms with Gasteiger partial charge in [0.25, 0.3) is 5.91 Å². The van der Waals surface area contributed by atoms with Crippen LogP contribution in [0.1, 0.15) is 13.8 Å². The van der Waals surface area contributed by atoms with Gasteiger partial charge < -0.3 is 20.1 Å². The molecule has 26 heavy (non-hydrogen) atoms.